The molecule has 3 N–H and O–H groups in total. The quantitative estimate of drug-likeness (QED) is 0.687. The Morgan fingerprint density at radius 1 is 1.11 bits per heavy atom. The van der Waals surface area contributed by atoms with Crippen molar-refractivity contribution in [3.05, 3.63) is 47.5 Å². The van der Waals surface area contributed by atoms with Crippen LogP contribution in [0.25, 0.3) is 11.0 Å². The Kier molecular flexibility index (Phi) is 3.43. The maximum atomic E-state index is 14.4. The minimum atomic E-state index is -1.03. The number of ether oxygens (including phenoxy) is 2. The fraction of sp³-hybridized carbons (Fsp3) is 0.222. The maximum absolute atomic E-state index is 14.4. The molecule has 0 amide bonds. The van der Waals surface area contributed by atoms with Gasteiger partial charge in [0.05, 0.1) is 29.8 Å². The van der Waals surface area contributed by atoms with Crippen LogP contribution in [0.3, 0.4) is 0 Å². The van der Waals surface area contributed by atoms with E-state index in [0.29, 0.717) is 41.7 Å². The molecule has 1 aromatic heterocycles. The summed E-state index contributed by atoms with van der Waals surface area (Å²) in [6.45, 7) is 1.07. The van der Waals surface area contributed by atoms with E-state index in [0.717, 1.165) is 6.42 Å². The largest absolute Gasteiger partial charge is 0.489 e. The third-order valence-corrected chi connectivity index (χ3v) is 4.56. The van der Waals surface area contributed by atoms with E-state index in [1.165, 1.54) is 18.2 Å². The molecular formula is C18H15F2N5O2. The molecule has 0 saturated heterocycles. The van der Waals surface area contributed by atoms with Gasteiger partial charge in [-0.3, -0.25) is 9.88 Å². The lowest BCUT2D eigenvalue weighted by Gasteiger charge is -2.24. The van der Waals surface area contributed by atoms with Gasteiger partial charge in [0.25, 0.3) is 0 Å². The first-order chi connectivity index (χ1) is 13.1. The number of aromatic nitrogens is 2. The third kappa shape index (κ3) is 2.46. The third-order valence-electron chi connectivity index (χ3n) is 4.56. The summed E-state index contributed by atoms with van der Waals surface area (Å²) in [5.74, 6) is 0.0851. The lowest BCUT2D eigenvalue weighted by Crippen LogP contribution is -2.32. The van der Waals surface area contributed by atoms with Crippen molar-refractivity contribution in [1.82, 2.24) is 9.55 Å². The van der Waals surface area contributed by atoms with Crippen LogP contribution in [-0.2, 0) is 0 Å². The highest BCUT2D eigenvalue weighted by molar-refractivity contribution is 5.95. The minimum Gasteiger partial charge on any atom is -0.489 e. The van der Waals surface area contributed by atoms with E-state index in [-0.39, 0.29) is 11.5 Å². The van der Waals surface area contributed by atoms with Crippen LogP contribution >= 0.6 is 0 Å². The molecule has 1 atom stereocenters. The predicted molar refractivity (Wildman–Crippen MR) is 95.1 cm³/mol. The molecule has 3 aromatic rings. The van der Waals surface area contributed by atoms with E-state index in [1.807, 2.05) is 0 Å². The highest BCUT2D eigenvalue weighted by Gasteiger charge is 2.30. The molecule has 1 unspecified atom stereocenters. The van der Waals surface area contributed by atoms with E-state index in [4.69, 9.17) is 15.2 Å². The molecule has 0 radical (unpaired) electrons. The van der Waals surface area contributed by atoms with Gasteiger partial charge in [0.1, 0.15) is 11.6 Å². The summed E-state index contributed by atoms with van der Waals surface area (Å²) in [4.78, 5) is 8.71. The van der Waals surface area contributed by atoms with Crippen molar-refractivity contribution in [2.24, 2.45) is 10.7 Å². The molecule has 138 valence electrons. The van der Waals surface area contributed by atoms with E-state index in [1.54, 1.807) is 16.7 Å². The maximum Gasteiger partial charge on any atom is 0.212 e. The number of benzene rings is 2. The van der Waals surface area contributed by atoms with Gasteiger partial charge in [-0.1, -0.05) is 6.07 Å². The van der Waals surface area contributed by atoms with Crippen molar-refractivity contribution in [2.75, 3.05) is 18.5 Å². The first kappa shape index (κ1) is 15.9. The van der Waals surface area contributed by atoms with Gasteiger partial charge in [-0.05, 0) is 12.1 Å². The topological polar surface area (TPSA) is 86.7 Å². The average Bonchev–Trinajstić information content (AvgIpc) is 2.81. The van der Waals surface area contributed by atoms with Gasteiger partial charge in [0.2, 0.25) is 5.95 Å². The highest BCUT2D eigenvalue weighted by atomic mass is 19.1. The fourth-order valence-electron chi connectivity index (χ4n) is 3.37. The first-order valence-electron chi connectivity index (χ1n) is 8.47. The number of hydrogen-bond donors (Lipinski definition) is 2. The minimum absolute atomic E-state index is 0.0273. The van der Waals surface area contributed by atoms with Crippen LogP contribution in [0.5, 0.6) is 11.5 Å². The Hall–Kier alpha value is -3.36. The SMILES string of the molecule is NC1=NC(c2c(F)cccc2F)n2c(nc3cc4c(cc32)OCCCO4)N1. The van der Waals surface area contributed by atoms with Crippen molar-refractivity contribution in [2.45, 2.75) is 12.6 Å². The van der Waals surface area contributed by atoms with Crippen molar-refractivity contribution < 1.29 is 18.3 Å². The lowest BCUT2D eigenvalue weighted by molar-refractivity contribution is 0.297. The standard InChI is InChI=1S/C18H15F2N5O2/c19-9-3-1-4-10(20)15(9)16-23-17(21)24-18-22-11-7-13-14(8-12(11)25(16)18)27-6-2-5-26-13/h1,3-4,7-8,16H,2,5-6H2,(H3,21,22,23,24). The van der Waals surface area contributed by atoms with Gasteiger partial charge in [-0.2, -0.15) is 0 Å². The van der Waals surface area contributed by atoms with Gasteiger partial charge in [0.15, 0.2) is 23.6 Å². The van der Waals surface area contributed by atoms with Crippen LogP contribution in [0.1, 0.15) is 18.2 Å². The molecule has 2 aliphatic rings. The summed E-state index contributed by atoms with van der Waals surface area (Å²) in [7, 11) is 0. The van der Waals surface area contributed by atoms with Crippen molar-refractivity contribution in [3.8, 4) is 11.5 Å². The lowest BCUT2D eigenvalue weighted by atomic mass is 10.1. The molecule has 2 aromatic carbocycles. The average molecular weight is 371 g/mol. The Morgan fingerprint density at radius 2 is 1.81 bits per heavy atom. The fourth-order valence-corrected chi connectivity index (χ4v) is 3.37. The zero-order chi connectivity index (χ0) is 18.5. The number of aliphatic imine (C=N–C) groups is 1. The van der Waals surface area contributed by atoms with Gasteiger partial charge < -0.3 is 15.2 Å². The van der Waals surface area contributed by atoms with E-state index in [2.05, 4.69) is 15.3 Å². The van der Waals surface area contributed by atoms with Crippen LogP contribution < -0.4 is 20.5 Å². The van der Waals surface area contributed by atoms with Gasteiger partial charge in [-0.15, -0.1) is 0 Å². The van der Waals surface area contributed by atoms with Gasteiger partial charge in [0, 0.05) is 18.6 Å². The summed E-state index contributed by atoms with van der Waals surface area (Å²) in [5.41, 5.74) is 6.81. The Morgan fingerprint density at radius 3 is 2.56 bits per heavy atom. The Balaban J connectivity index is 1.75. The first-order valence-corrected chi connectivity index (χ1v) is 8.47. The summed E-state index contributed by atoms with van der Waals surface area (Å²) >= 11 is 0. The summed E-state index contributed by atoms with van der Waals surface area (Å²) in [6, 6.07) is 7.17. The Bertz CT molecular complexity index is 1070. The molecule has 7 nitrogen and oxygen atoms in total. The number of anilines is 1. The number of nitrogens with two attached hydrogens (primary N) is 1. The Labute approximate surface area is 152 Å². The molecule has 0 aliphatic carbocycles. The molecule has 0 bridgehead atoms. The summed E-state index contributed by atoms with van der Waals surface area (Å²) < 4.78 is 41.9. The second-order valence-electron chi connectivity index (χ2n) is 6.29. The zero-order valence-corrected chi connectivity index (χ0v) is 14.1. The van der Waals surface area contributed by atoms with Crippen molar-refractivity contribution in [1.29, 1.82) is 0 Å². The van der Waals surface area contributed by atoms with Crippen molar-refractivity contribution in [3.63, 3.8) is 0 Å². The molecule has 5 rings (SSSR count). The number of fused-ring (bicyclic) bond motifs is 4. The summed E-state index contributed by atoms with van der Waals surface area (Å²) in [5, 5.41) is 2.84. The molecule has 0 spiro atoms. The molecule has 27 heavy (non-hydrogen) atoms. The number of imidazole rings is 1. The van der Waals surface area contributed by atoms with Gasteiger partial charge in [-0.25, -0.2) is 18.8 Å². The van der Waals surface area contributed by atoms with Crippen LogP contribution in [0, 0.1) is 11.6 Å². The van der Waals surface area contributed by atoms with Crippen LogP contribution in [0.4, 0.5) is 14.7 Å². The molecule has 3 heterocycles. The number of rotatable bonds is 1. The summed E-state index contributed by atoms with van der Waals surface area (Å²) in [6.07, 6.45) is -0.263. The molecule has 0 saturated carbocycles. The van der Waals surface area contributed by atoms with Gasteiger partial charge >= 0.3 is 0 Å². The number of halogens is 2. The predicted octanol–water partition coefficient (Wildman–Crippen LogP) is 2.76. The van der Waals surface area contributed by atoms with Crippen LogP contribution in [0.2, 0.25) is 0 Å². The monoisotopic (exact) mass is 371 g/mol. The molecule has 2 aliphatic heterocycles. The molecule has 0 fully saturated rings. The van der Waals surface area contributed by atoms with Crippen LogP contribution in [0.15, 0.2) is 35.3 Å². The number of guanidine groups is 1. The smallest absolute Gasteiger partial charge is 0.212 e. The molecular weight excluding hydrogens is 356 g/mol. The normalized spacial score (nSPS) is 18.4. The number of hydrogen-bond acceptors (Lipinski definition) is 6. The second-order valence-corrected chi connectivity index (χ2v) is 6.29. The van der Waals surface area contributed by atoms with Crippen molar-refractivity contribution >= 4 is 22.9 Å². The van der Waals surface area contributed by atoms with E-state index in [9.17, 15) is 8.78 Å². The molecule has 9 heteroatoms. The van der Waals surface area contributed by atoms with E-state index < -0.39 is 17.8 Å². The number of nitrogens with zero attached hydrogens (tertiary/aromatic N) is 3. The number of nitrogens with one attached hydrogen (secondary N) is 1. The highest BCUT2D eigenvalue weighted by Crippen LogP contribution is 2.39. The van der Waals surface area contributed by atoms with Crippen LogP contribution in [-0.4, -0.2) is 28.7 Å². The van der Waals surface area contributed by atoms with E-state index >= 15 is 0 Å². The zero-order valence-electron chi connectivity index (χ0n) is 14.1. The second kappa shape index (κ2) is 5.83.